The summed E-state index contributed by atoms with van der Waals surface area (Å²) in [6.45, 7) is 4.39. The molecule has 2 heterocycles. The Morgan fingerprint density at radius 2 is 2.22 bits per heavy atom. The Morgan fingerprint density at radius 3 is 2.89 bits per heavy atom. The molecule has 0 amide bonds. The second kappa shape index (κ2) is 5.48. The van der Waals surface area contributed by atoms with E-state index in [4.69, 9.17) is 0 Å². The van der Waals surface area contributed by atoms with Crippen molar-refractivity contribution in [2.75, 3.05) is 0 Å². The number of hydrogen-bond acceptors (Lipinski definition) is 3. The highest BCUT2D eigenvalue weighted by atomic mass is 32.1. The molecule has 0 fully saturated rings. The normalized spacial score (nSPS) is 11.3. The number of hydrogen-bond donors (Lipinski definition) is 1. The lowest BCUT2D eigenvalue weighted by Crippen LogP contribution is -2.06. The van der Waals surface area contributed by atoms with E-state index in [-0.39, 0.29) is 5.56 Å². The van der Waals surface area contributed by atoms with Gasteiger partial charge in [0.05, 0.1) is 10.2 Å². The molecule has 0 bridgehead atoms. The SMILES string of the molecule is CC(C)CCCc1cc(=O)[nH]c2c(C=O)csc12. The van der Waals surface area contributed by atoms with Gasteiger partial charge in [0.1, 0.15) is 0 Å². The van der Waals surface area contributed by atoms with Crippen LogP contribution in [0.2, 0.25) is 0 Å². The summed E-state index contributed by atoms with van der Waals surface area (Å²) in [4.78, 5) is 25.2. The number of pyridine rings is 1. The number of aldehydes is 1. The Kier molecular flexibility index (Phi) is 3.97. The molecular weight excluding hydrogens is 246 g/mol. The molecule has 0 radical (unpaired) electrons. The first-order valence-corrected chi connectivity index (χ1v) is 7.08. The van der Waals surface area contributed by atoms with Gasteiger partial charge in [-0.05, 0) is 24.3 Å². The van der Waals surface area contributed by atoms with Crippen LogP contribution in [-0.2, 0) is 6.42 Å². The predicted octanol–water partition coefficient (Wildman–Crippen LogP) is 3.38. The number of H-pyrrole nitrogens is 1. The van der Waals surface area contributed by atoms with Crippen molar-refractivity contribution in [1.29, 1.82) is 0 Å². The van der Waals surface area contributed by atoms with Gasteiger partial charge in [-0.25, -0.2) is 0 Å². The van der Waals surface area contributed by atoms with Gasteiger partial charge in [-0.3, -0.25) is 9.59 Å². The first-order chi connectivity index (χ1) is 8.61. The monoisotopic (exact) mass is 263 g/mol. The Labute approximate surface area is 110 Å². The summed E-state index contributed by atoms with van der Waals surface area (Å²) < 4.78 is 1.04. The molecule has 3 nitrogen and oxygen atoms in total. The second-order valence-corrected chi connectivity index (χ2v) is 5.84. The molecule has 0 atom stereocenters. The van der Waals surface area contributed by atoms with Crippen LogP contribution in [0.1, 0.15) is 42.6 Å². The van der Waals surface area contributed by atoms with Crippen molar-refractivity contribution in [3.05, 3.63) is 32.9 Å². The van der Waals surface area contributed by atoms with Crippen molar-refractivity contribution in [3.8, 4) is 0 Å². The standard InChI is InChI=1S/C14H17NO2S/c1-9(2)4-3-5-10-6-12(17)15-13-11(7-16)8-18-14(10)13/h6-9H,3-5H2,1-2H3,(H,15,17). The number of aromatic amines is 1. The summed E-state index contributed by atoms with van der Waals surface area (Å²) in [6.07, 6.45) is 3.93. The molecule has 96 valence electrons. The van der Waals surface area contributed by atoms with E-state index >= 15 is 0 Å². The molecular formula is C14H17NO2S. The van der Waals surface area contributed by atoms with E-state index in [1.807, 2.05) is 0 Å². The molecule has 0 saturated carbocycles. The van der Waals surface area contributed by atoms with Crippen LogP contribution in [0.25, 0.3) is 10.2 Å². The number of nitrogens with one attached hydrogen (secondary N) is 1. The number of carbonyl (C=O) groups excluding carboxylic acids is 1. The number of thiophene rings is 1. The van der Waals surface area contributed by atoms with Crippen LogP contribution >= 0.6 is 11.3 Å². The van der Waals surface area contributed by atoms with Crippen LogP contribution in [0, 0.1) is 5.92 Å². The number of fused-ring (bicyclic) bond motifs is 1. The zero-order valence-electron chi connectivity index (χ0n) is 10.7. The molecule has 1 N–H and O–H groups in total. The summed E-state index contributed by atoms with van der Waals surface area (Å²) in [5.74, 6) is 0.677. The van der Waals surface area contributed by atoms with Crippen molar-refractivity contribution in [2.24, 2.45) is 5.92 Å². The highest BCUT2D eigenvalue weighted by Gasteiger charge is 2.09. The smallest absolute Gasteiger partial charge is 0.248 e. The van der Waals surface area contributed by atoms with E-state index in [2.05, 4.69) is 18.8 Å². The predicted molar refractivity (Wildman–Crippen MR) is 75.6 cm³/mol. The van der Waals surface area contributed by atoms with Crippen LogP contribution in [0.3, 0.4) is 0 Å². The Hall–Kier alpha value is -1.42. The zero-order valence-corrected chi connectivity index (χ0v) is 11.5. The highest BCUT2D eigenvalue weighted by Crippen LogP contribution is 2.26. The van der Waals surface area contributed by atoms with Gasteiger partial charge in [-0.15, -0.1) is 11.3 Å². The maximum absolute atomic E-state index is 11.6. The molecule has 2 aromatic heterocycles. The van der Waals surface area contributed by atoms with E-state index in [1.54, 1.807) is 11.4 Å². The molecule has 0 aliphatic carbocycles. The summed E-state index contributed by atoms with van der Waals surface area (Å²) in [6, 6.07) is 1.66. The van der Waals surface area contributed by atoms with Crippen LogP contribution < -0.4 is 5.56 Å². The van der Waals surface area contributed by atoms with E-state index in [0.29, 0.717) is 17.0 Å². The quantitative estimate of drug-likeness (QED) is 0.841. The third kappa shape index (κ3) is 2.70. The molecule has 4 heteroatoms. The molecule has 18 heavy (non-hydrogen) atoms. The van der Waals surface area contributed by atoms with Gasteiger partial charge >= 0.3 is 0 Å². The van der Waals surface area contributed by atoms with E-state index in [9.17, 15) is 9.59 Å². The minimum atomic E-state index is -0.122. The van der Waals surface area contributed by atoms with Gasteiger partial charge in [-0.2, -0.15) is 0 Å². The maximum atomic E-state index is 11.6. The van der Waals surface area contributed by atoms with Gasteiger partial charge in [0.2, 0.25) is 5.56 Å². The topological polar surface area (TPSA) is 49.9 Å². The Morgan fingerprint density at radius 1 is 1.44 bits per heavy atom. The molecule has 0 aliphatic heterocycles. The van der Waals surface area contributed by atoms with Gasteiger partial charge in [0.15, 0.2) is 6.29 Å². The van der Waals surface area contributed by atoms with Crippen molar-refractivity contribution < 1.29 is 4.79 Å². The van der Waals surface area contributed by atoms with Gasteiger partial charge < -0.3 is 4.98 Å². The third-order valence-electron chi connectivity index (χ3n) is 3.02. The van der Waals surface area contributed by atoms with Crippen LogP contribution in [-0.4, -0.2) is 11.3 Å². The lowest BCUT2D eigenvalue weighted by molar-refractivity contribution is 0.112. The van der Waals surface area contributed by atoms with Crippen molar-refractivity contribution in [1.82, 2.24) is 4.98 Å². The highest BCUT2D eigenvalue weighted by molar-refractivity contribution is 7.17. The number of carbonyl (C=O) groups is 1. The first kappa shape index (κ1) is 13.0. The zero-order chi connectivity index (χ0) is 13.1. The summed E-state index contributed by atoms with van der Waals surface area (Å²) in [7, 11) is 0. The molecule has 0 unspecified atom stereocenters. The number of rotatable bonds is 5. The van der Waals surface area contributed by atoms with Crippen molar-refractivity contribution in [2.45, 2.75) is 33.1 Å². The van der Waals surface area contributed by atoms with Gasteiger partial charge in [0, 0.05) is 17.0 Å². The summed E-state index contributed by atoms with van der Waals surface area (Å²) in [5, 5.41) is 1.81. The van der Waals surface area contributed by atoms with E-state index < -0.39 is 0 Å². The minimum absolute atomic E-state index is 0.122. The lowest BCUT2D eigenvalue weighted by Gasteiger charge is -2.05. The Bertz CT molecular complexity index is 610. The molecule has 0 aromatic carbocycles. The number of aryl methyl sites for hydroxylation is 1. The second-order valence-electron chi connectivity index (χ2n) is 4.96. The van der Waals surface area contributed by atoms with Crippen molar-refractivity contribution in [3.63, 3.8) is 0 Å². The van der Waals surface area contributed by atoms with E-state index in [0.717, 1.165) is 35.8 Å². The van der Waals surface area contributed by atoms with Crippen molar-refractivity contribution >= 4 is 27.8 Å². The molecule has 2 aromatic rings. The third-order valence-corrected chi connectivity index (χ3v) is 4.09. The van der Waals surface area contributed by atoms with Crippen LogP contribution in [0.4, 0.5) is 0 Å². The first-order valence-electron chi connectivity index (χ1n) is 6.20. The van der Waals surface area contributed by atoms with Crippen LogP contribution in [0.15, 0.2) is 16.2 Å². The molecule has 0 saturated heterocycles. The van der Waals surface area contributed by atoms with Gasteiger partial charge in [-0.1, -0.05) is 20.3 Å². The molecule has 2 rings (SSSR count). The van der Waals surface area contributed by atoms with Crippen LogP contribution in [0.5, 0.6) is 0 Å². The number of aromatic nitrogens is 1. The average Bonchev–Trinajstić information content (AvgIpc) is 2.71. The molecule has 0 aliphatic rings. The fourth-order valence-corrected chi connectivity index (χ4v) is 3.11. The maximum Gasteiger partial charge on any atom is 0.248 e. The van der Waals surface area contributed by atoms with Gasteiger partial charge in [0.25, 0.3) is 0 Å². The Balaban J connectivity index is 2.35. The molecule has 0 spiro atoms. The van der Waals surface area contributed by atoms with E-state index in [1.165, 1.54) is 11.3 Å². The lowest BCUT2D eigenvalue weighted by atomic mass is 10.0. The summed E-state index contributed by atoms with van der Waals surface area (Å²) in [5.41, 5.74) is 2.22. The largest absolute Gasteiger partial charge is 0.321 e. The summed E-state index contributed by atoms with van der Waals surface area (Å²) >= 11 is 1.53. The fourth-order valence-electron chi connectivity index (χ4n) is 2.09. The fraction of sp³-hybridized carbons (Fsp3) is 0.429. The average molecular weight is 263 g/mol. The minimum Gasteiger partial charge on any atom is -0.321 e.